The minimum atomic E-state index is 0.705. The lowest BCUT2D eigenvalue weighted by Crippen LogP contribution is -2.37. The number of aliphatic imine (C=N–C) groups is 1. The monoisotopic (exact) mass is 333 g/mol. The standard InChI is InChI=1S/C17H27N5S/c1-18-16(19-9-5-8-14-6-3-2-4-7-14)20-12-15-13-22-10-11-23-17(22)21-15/h10-11,13-14H,2-9,12H2,1H3,(H2,18,19,20). The Bertz CT molecular complexity index is 595. The van der Waals surface area contributed by atoms with Crippen LogP contribution in [-0.2, 0) is 6.54 Å². The van der Waals surface area contributed by atoms with Gasteiger partial charge in [0, 0.05) is 31.4 Å². The van der Waals surface area contributed by atoms with Crippen LogP contribution >= 0.6 is 11.3 Å². The van der Waals surface area contributed by atoms with Gasteiger partial charge in [0.15, 0.2) is 10.9 Å². The maximum Gasteiger partial charge on any atom is 0.193 e. The number of hydrogen-bond donors (Lipinski definition) is 2. The van der Waals surface area contributed by atoms with E-state index in [9.17, 15) is 0 Å². The summed E-state index contributed by atoms with van der Waals surface area (Å²) in [6, 6.07) is 0. The summed E-state index contributed by atoms with van der Waals surface area (Å²) in [6.45, 7) is 1.70. The molecule has 0 atom stereocenters. The third-order valence-corrected chi connectivity index (χ3v) is 5.38. The number of aromatic nitrogens is 2. The van der Waals surface area contributed by atoms with E-state index in [4.69, 9.17) is 0 Å². The Morgan fingerprint density at radius 3 is 3.00 bits per heavy atom. The van der Waals surface area contributed by atoms with Gasteiger partial charge in [-0.15, -0.1) is 11.3 Å². The second kappa shape index (κ2) is 8.34. The van der Waals surface area contributed by atoms with Crippen molar-refractivity contribution in [1.82, 2.24) is 20.0 Å². The van der Waals surface area contributed by atoms with Crippen molar-refractivity contribution in [3.63, 3.8) is 0 Å². The first-order valence-electron chi connectivity index (χ1n) is 8.71. The van der Waals surface area contributed by atoms with E-state index in [1.165, 1.54) is 44.9 Å². The number of fused-ring (bicyclic) bond motifs is 1. The minimum absolute atomic E-state index is 0.705. The van der Waals surface area contributed by atoms with Crippen LogP contribution in [0, 0.1) is 5.92 Å². The van der Waals surface area contributed by atoms with Gasteiger partial charge in [-0.25, -0.2) is 4.98 Å². The molecule has 0 bridgehead atoms. The number of imidazole rings is 1. The van der Waals surface area contributed by atoms with Crippen molar-refractivity contribution >= 4 is 22.3 Å². The third kappa shape index (κ3) is 4.70. The zero-order valence-electron chi connectivity index (χ0n) is 13.9. The van der Waals surface area contributed by atoms with Gasteiger partial charge in [-0.3, -0.25) is 9.39 Å². The second-order valence-corrected chi connectivity index (χ2v) is 7.20. The summed E-state index contributed by atoms with van der Waals surface area (Å²) in [5.41, 5.74) is 1.04. The number of thiazole rings is 1. The predicted molar refractivity (Wildman–Crippen MR) is 97.1 cm³/mol. The molecule has 1 fully saturated rings. The fourth-order valence-electron chi connectivity index (χ4n) is 3.33. The van der Waals surface area contributed by atoms with Crippen LogP contribution < -0.4 is 10.6 Å². The summed E-state index contributed by atoms with van der Waals surface area (Å²) in [4.78, 5) is 9.90. The molecule has 0 amide bonds. The Morgan fingerprint density at radius 2 is 2.22 bits per heavy atom. The van der Waals surface area contributed by atoms with Crippen molar-refractivity contribution < 1.29 is 0 Å². The molecule has 0 saturated heterocycles. The van der Waals surface area contributed by atoms with E-state index in [1.807, 2.05) is 18.6 Å². The summed E-state index contributed by atoms with van der Waals surface area (Å²) < 4.78 is 2.06. The SMILES string of the molecule is CN=C(NCCCC1CCCCC1)NCc1cn2ccsc2n1. The van der Waals surface area contributed by atoms with Crippen molar-refractivity contribution in [3.8, 4) is 0 Å². The summed E-state index contributed by atoms with van der Waals surface area (Å²) >= 11 is 1.66. The quantitative estimate of drug-likeness (QED) is 0.484. The van der Waals surface area contributed by atoms with Gasteiger partial charge in [0.05, 0.1) is 12.2 Å². The molecule has 3 rings (SSSR count). The second-order valence-electron chi connectivity index (χ2n) is 6.32. The fraction of sp³-hybridized carbons (Fsp3) is 0.647. The van der Waals surface area contributed by atoms with E-state index in [1.54, 1.807) is 11.3 Å². The molecule has 2 aromatic rings. The first kappa shape index (κ1) is 16.3. The van der Waals surface area contributed by atoms with Crippen LogP contribution in [0.5, 0.6) is 0 Å². The van der Waals surface area contributed by atoms with Gasteiger partial charge in [-0.2, -0.15) is 0 Å². The van der Waals surface area contributed by atoms with Crippen molar-refractivity contribution in [2.45, 2.75) is 51.5 Å². The van der Waals surface area contributed by atoms with Crippen molar-refractivity contribution in [1.29, 1.82) is 0 Å². The van der Waals surface area contributed by atoms with E-state index >= 15 is 0 Å². The van der Waals surface area contributed by atoms with E-state index in [0.29, 0.717) is 6.54 Å². The highest BCUT2D eigenvalue weighted by molar-refractivity contribution is 7.15. The van der Waals surface area contributed by atoms with Crippen LogP contribution in [0.4, 0.5) is 0 Å². The highest BCUT2D eigenvalue weighted by Crippen LogP contribution is 2.26. The maximum absolute atomic E-state index is 4.57. The number of nitrogens with zero attached hydrogens (tertiary/aromatic N) is 3. The van der Waals surface area contributed by atoms with E-state index in [0.717, 1.165) is 29.1 Å². The summed E-state index contributed by atoms with van der Waals surface area (Å²) in [6.07, 6.45) is 13.9. The molecule has 2 aromatic heterocycles. The lowest BCUT2D eigenvalue weighted by atomic mass is 9.86. The van der Waals surface area contributed by atoms with Crippen molar-refractivity contribution in [2.24, 2.45) is 10.9 Å². The maximum atomic E-state index is 4.57. The first-order valence-corrected chi connectivity index (χ1v) is 9.58. The molecule has 6 heteroatoms. The largest absolute Gasteiger partial charge is 0.356 e. The number of rotatable bonds is 6. The molecular weight excluding hydrogens is 306 g/mol. The number of hydrogen-bond acceptors (Lipinski definition) is 3. The van der Waals surface area contributed by atoms with Gasteiger partial charge in [0.1, 0.15) is 0 Å². The molecule has 0 unspecified atom stereocenters. The fourth-order valence-corrected chi connectivity index (χ4v) is 4.05. The van der Waals surface area contributed by atoms with Gasteiger partial charge in [-0.05, 0) is 18.8 Å². The Morgan fingerprint density at radius 1 is 1.35 bits per heavy atom. The van der Waals surface area contributed by atoms with Gasteiger partial charge in [-0.1, -0.05) is 32.1 Å². The molecular formula is C17H27N5S. The van der Waals surface area contributed by atoms with E-state index < -0.39 is 0 Å². The molecule has 2 N–H and O–H groups in total. The molecule has 1 aliphatic rings. The topological polar surface area (TPSA) is 53.7 Å². The Hall–Kier alpha value is -1.56. The Labute approximate surface area is 142 Å². The van der Waals surface area contributed by atoms with Crippen LogP contribution in [0.15, 0.2) is 22.8 Å². The molecule has 126 valence electrons. The van der Waals surface area contributed by atoms with Gasteiger partial charge >= 0.3 is 0 Å². The van der Waals surface area contributed by atoms with E-state index in [2.05, 4.69) is 31.2 Å². The first-order chi connectivity index (χ1) is 11.3. The van der Waals surface area contributed by atoms with Crippen LogP contribution in [-0.4, -0.2) is 28.9 Å². The van der Waals surface area contributed by atoms with Crippen molar-refractivity contribution in [2.75, 3.05) is 13.6 Å². The molecule has 0 radical (unpaired) electrons. The normalized spacial score (nSPS) is 16.8. The third-order valence-electron chi connectivity index (χ3n) is 4.61. The smallest absolute Gasteiger partial charge is 0.193 e. The van der Waals surface area contributed by atoms with Crippen LogP contribution in [0.1, 0.15) is 50.6 Å². The van der Waals surface area contributed by atoms with Gasteiger partial charge in [0.2, 0.25) is 0 Å². The highest BCUT2D eigenvalue weighted by Gasteiger charge is 2.12. The lowest BCUT2D eigenvalue weighted by molar-refractivity contribution is 0.332. The highest BCUT2D eigenvalue weighted by atomic mass is 32.1. The zero-order chi connectivity index (χ0) is 15.9. The average molecular weight is 334 g/mol. The number of nitrogens with one attached hydrogen (secondary N) is 2. The Balaban J connectivity index is 1.35. The molecule has 1 aliphatic carbocycles. The summed E-state index contributed by atoms with van der Waals surface area (Å²) in [5.74, 6) is 1.82. The van der Waals surface area contributed by atoms with E-state index in [-0.39, 0.29) is 0 Å². The molecule has 23 heavy (non-hydrogen) atoms. The van der Waals surface area contributed by atoms with Crippen molar-refractivity contribution in [3.05, 3.63) is 23.5 Å². The molecule has 0 aliphatic heterocycles. The van der Waals surface area contributed by atoms with Crippen LogP contribution in [0.25, 0.3) is 4.96 Å². The van der Waals surface area contributed by atoms with Gasteiger partial charge < -0.3 is 10.6 Å². The molecule has 2 heterocycles. The van der Waals surface area contributed by atoms with Crippen LogP contribution in [0.2, 0.25) is 0 Å². The van der Waals surface area contributed by atoms with Gasteiger partial charge in [0.25, 0.3) is 0 Å². The summed E-state index contributed by atoms with van der Waals surface area (Å²) in [5, 5.41) is 8.80. The zero-order valence-corrected chi connectivity index (χ0v) is 14.7. The number of guanidine groups is 1. The van der Waals surface area contributed by atoms with Crippen LogP contribution in [0.3, 0.4) is 0 Å². The molecule has 5 nitrogen and oxygen atoms in total. The molecule has 0 spiro atoms. The lowest BCUT2D eigenvalue weighted by Gasteiger charge is -2.21. The minimum Gasteiger partial charge on any atom is -0.356 e. The Kier molecular flexibility index (Phi) is 5.91. The molecule has 0 aromatic carbocycles. The summed E-state index contributed by atoms with van der Waals surface area (Å²) in [7, 11) is 1.82. The molecule has 1 saturated carbocycles. The predicted octanol–water partition coefficient (Wildman–Crippen LogP) is 3.42. The average Bonchev–Trinajstić information content (AvgIpc) is 3.16.